The molecule has 6 nitrogen and oxygen atoms in total. The molecular weight excluding hydrogens is 554 g/mol. The van der Waals surface area contributed by atoms with Gasteiger partial charge in [0.2, 0.25) is 0 Å². The van der Waals surface area contributed by atoms with Crippen LogP contribution in [0.3, 0.4) is 0 Å². The number of hydrogen-bond acceptors (Lipinski definition) is 4. The molecule has 0 bridgehead atoms. The minimum Gasteiger partial charge on any atom is -0.367 e. The van der Waals surface area contributed by atoms with Gasteiger partial charge in [0.1, 0.15) is 5.54 Å². The van der Waals surface area contributed by atoms with Crippen LogP contribution in [-0.4, -0.2) is 43.9 Å². The second kappa shape index (κ2) is 11.5. The highest BCUT2D eigenvalue weighted by atomic mass is 35.5. The monoisotopic (exact) mass is 578 g/mol. The van der Waals surface area contributed by atoms with Gasteiger partial charge in [-0.1, -0.05) is 64.6 Å². The van der Waals surface area contributed by atoms with Crippen molar-refractivity contribution in [3.63, 3.8) is 0 Å². The number of anilines is 2. The van der Waals surface area contributed by atoms with E-state index in [0.717, 1.165) is 18.5 Å². The van der Waals surface area contributed by atoms with Gasteiger partial charge < -0.3 is 20.9 Å². The standard InChI is InChI=1S/C27H26Cl4N4O2/c1-35(2)10-4-9-32-25(36)24-21(31)12-19(30)14-23(24)34-27(15-16-5-3-6-17(28)11-16)20-8-7-18(29)13-22(20)33-26(27)37/h3,5-8,11-14,34H,4,9-10,15H2,1-2H3,(H,32,36)(H,33,37). The predicted molar refractivity (Wildman–Crippen MR) is 153 cm³/mol. The lowest BCUT2D eigenvalue weighted by Crippen LogP contribution is -2.45. The molecule has 3 aromatic carbocycles. The lowest BCUT2D eigenvalue weighted by Gasteiger charge is -2.31. The summed E-state index contributed by atoms with van der Waals surface area (Å²) in [6.45, 7) is 1.28. The Morgan fingerprint density at radius 2 is 1.73 bits per heavy atom. The van der Waals surface area contributed by atoms with Crippen LogP contribution in [0.2, 0.25) is 20.1 Å². The van der Waals surface area contributed by atoms with E-state index in [1.165, 1.54) is 6.07 Å². The first-order valence-electron chi connectivity index (χ1n) is 11.6. The fourth-order valence-electron chi connectivity index (χ4n) is 4.46. The maximum Gasteiger partial charge on any atom is 0.255 e. The molecule has 0 spiro atoms. The van der Waals surface area contributed by atoms with E-state index in [9.17, 15) is 9.59 Å². The van der Waals surface area contributed by atoms with E-state index in [-0.39, 0.29) is 28.8 Å². The van der Waals surface area contributed by atoms with Gasteiger partial charge in [0.05, 0.1) is 16.3 Å². The van der Waals surface area contributed by atoms with E-state index in [2.05, 4.69) is 16.0 Å². The quantitative estimate of drug-likeness (QED) is 0.254. The molecule has 0 saturated carbocycles. The van der Waals surface area contributed by atoms with Gasteiger partial charge in [0, 0.05) is 39.3 Å². The van der Waals surface area contributed by atoms with Crippen LogP contribution in [-0.2, 0) is 16.8 Å². The zero-order chi connectivity index (χ0) is 26.7. The van der Waals surface area contributed by atoms with Gasteiger partial charge in [0.25, 0.3) is 11.8 Å². The summed E-state index contributed by atoms with van der Waals surface area (Å²) in [7, 11) is 3.94. The van der Waals surface area contributed by atoms with E-state index in [1.807, 2.05) is 31.1 Å². The number of benzene rings is 3. The largest absolute Gasteiger partial charge is 0.367 e. The van der Waals surface area contributed by atoms with Crippen molar-refractivity contribution < 1.29 is 9.59 Å². The van der Waals surface area contributed by atoms with Crippen molar-refractivity contribution in [3.05, 3.63) is 91.4 Å². The Morgan fingerprint density at radius 3 is 2.46 bits per heavy atom. The van der Waals surface area contributed by atoms with E-state index in [4.69, 9.17) is 46.4 Å². The minimum atomic E-state index is -1.29. The summed E-state index contributed by atoms with van der Waals surface area (Å²) in [4.78, 5) is 29.0. The first-order valence-corrected chi connectivity index (χ1v) is 13.2. The third-order valence-electron chi connectivity index (χ3n) is 6.13. The molecule has 1 aliphatic heterocycles. The van der Waals surface area contributed by atoms with Gasteiger partial charge in [0.15, 0.2) is 0 Å². The zero-order valence-corrected chi connectivity index (χ0v) is 23.3. The van der Waals surface area contributed by atoms with Crippen molar-refractivity contribution in [3.8, 4) is 0 Å². The molecule has 2 amide bonds. The third kappa shape index (κ3) is 6.16. The Hall–Kier alpha value is -2.48. The predicted octanol–water partition coefficient (Wildman–Crippen LogP) is 6.48. The van der Waals surface area contributed by atoms with Crippen molar-refractivity contribution in [1.29, 1.82) is 0 Å². The van der Waals surface area contributed by atoms with Crippen molar-refractivity contribution in [2.45, 2.75) is 18.4 Å². The Morgan fingerprint density at radius 1 is 0.973 bits per heavy atom. The van der Waals surface area contributed by atoms with Crippen LogP contribution in [0, 0.1) is 0 Å². The molecule has 3 N–H and O–H groups in total. The summed E-state index contributed by atoms with van der Waals surface area (Å²) in [6, 6.07) is 15.6. The van der Waals surface area contributed by atoms with Gasteiger partial charge in [-0.05, 0) is 69.0 Å². The Balaban J connectivity index is 1.77. The van der Waals surface area contributed by atoms with Crippen LogP contribution in [0.1, 0.15) is 27.9 Å². The molecule has 10 heteroatoms. The molecule has 0 aliphatic carbocycles. The highest BCUT2D eigenvalue weighted by molar-refractivity contribution is 6.38. The molecule has 37 heavy (non-hydrogen) atoms. The number of carbonyl (C=O) groups is 2. The summed E-state index contributed by atoms with van der Waals surface area (Å²) >= 11 is 25.4. The molecule has 1 atom stereocenters. The van der Waals surface area contributed by atoms with Gasteiger partial charge in [-0.3, -0.25) is 9.59 Å². The number of hydrogen-bond donors (Lipinski definition) is 3. The Labute approximate surface area is 236 Å². The number of amides is 2. The maximum atomic E-state index is 13.7. The molecule has 0 saturated heterocycles. The second-order valence-corrected chi connectivity index (χ2v) is 10.9. The van der Waals surface area contributed by atoms with Crippen LogP contribution >= 0.6 is 46.4 Å². The van der Waals surface area contributed by atoms with Crippen LogP contribution < -0.4 is 16.0 Å². The number of nitrogens with one attached hydrogen (secondary N) is 3. The van der Waals surface area contributed by atoms with Gasteiger partial charge >= 0.3 is 0 Å². The smallest absolute Gasteiger partial charge is 0.255 e. The molecule has 0 aromatic heterocycles. The zero-order valence-electron chi connectivity index (χ0n) is 20.3. The average Bonchev–Trinajstić information content (AvgIpc) is 3.06. The van der Waals surface area contributed by atoms with Crippen LogP contribution in [0.4, 0.5) is 11.4 Å². The third-order valence-corrected chi connectivity index (χ3v) is 7.12. The van der Waals surface area contributed by atoms with E-state index >= 15 is 0 Å². The van der Waals surface area contributed by atoms with Gasteiger partial charge in [-0.15, -0.1) is 0 Å². The molecular formula is C27H26Cl4N4O2. The first kappa shape index (κ1) is 27.6. The molecule has 1 aliphatic rings. The molecule has 3 aromatic rings. The topological polar surface area (TPSA) is 73.5 Å². The fourth-order valence-corrected chi connectivity index (χ4v) is 5.42. The molecule has 1 heterocycles. The Bertz CT molecular complexity index is 1350. The number of nitrogens with zero attached hydrogens (tertiary/aromatic N) is 1. The van der Waals surface area contributed by atoms with Crippen LogP contribution in [0.25, 0.3) is 0 Å². The lowest BCUT2D eigenvalue weighted by atomic mass is 9.84. The van der Waals surface area contributed by atoms with Crippen molar-refractivity contribution in [2.24, 2.45) is 0 Å². The molecule has 0 radical (unpaired) electrons. The molecule has 1 unspecified atom stereocenters. The van der Waals surface area contributed by atoms with Crippen LogP contribution in [0.15, 0.2) is 54.6 Å². The summed E-state index contributed by atoms with van der Waals surface area (Å²) in [5.41, 5.74) is 1.32. The van der Waals surface area contributed by atoms with E-state index in [0.29, 0.717) is 38.6 Å². The highest BCUT2D eigenvalue weighted by Gasteiger charge is 2.47. The summed E-state index contributed by atoms with van der Waals surface area (Å²) in [5.74, 6) is -0.672. The summed E-state index contributed by atoms with van der Waals surface area (Å²) < 4.78 is 0. The fraction of sp³-hybridized carbons (Fsp3) is 0.259. The molecule has 0 fully saturated rings. The highest BCUT2D eigenvalue weighted by Crippen LogP contribution is 2.44. The average molecular weight is 580 g/mol. The SMILES string of the molecule is CN(C)CCCNC(=O)c1c(Cl)cc(Cl)cc1NC1(Cc2cccc(Cl)c2)C(=O)Nc2cc(Cl)ccc21. The Kier molecular flexibility index (Phi) is 8.56. The molecule has 194 valence electrons. The van der Waals surface area contributed by atoms with E-state index < -0.39 is 5.54 Å². The minimum absolute atomic E-state index is 0.174. The van der Waals surface area contributed by atoms with Crippen molar-refractivity contribution in [2.75, 3.05) is 37.8 Å². The first-order chi connectivity index (χ1) is 17.6. The normalized spacial score (nSPS) is 16.5. The second-order valence-electron chi connectivity index (χ2n) is 9.20. The van der Waals surface area contributed by atoms with Crippen molar-refractivity contribution in [1.82, 2.24) is 10.2 Å². The number of rotatable bonds is 9. The summed E-state index contributed by atoms with van der Waals surface area (Å²) in [6.07, 6.45) is 1.00. The van der Waals surface area contributed by atoms with Gasteiger partial charge in [-0.2, -0.15) is 0 Å². The summed E-state index contributed by atoms with van der Waals surface area (Å²) in [5, 5.41) is 10.7. The number of carbonyl (C=O) groups excluding carboxylic acids is 2. The van der Waals surface area contributed by atoms with Crippen molar-refractivity contribution >= 4 is 69.6 Å². The lowest BCUT2D eigenvalue weighted by molar-refractivity contribution is -0.119. The number of fused-ring (bicyclic) bond motifs is 1. The van der Waals surface area contributed by atoms with Crippen LogP contribution in [0.5, 0.6) is 0 Å². The van der Waals surface area contributed by atoms with Gasteiger partial charge in [-0.25, -0.2) is 0 Å². The number of halogens is 4. The molecule has 4 rings (SSSR count). The van der Waals surface area contributed by atoms with E-state index in [1.54, 1.807) is 36.4 Å². The maximum absolute atomic E-state index is 13.7.